The van der Waals surface area contributed by atoms with Gasteiger partial charge in [0.25, 0.3) is 0 Å². The largest absolute Gasteiger partial charge is 0.289 e. The summed E-state index contributed by atoms with van der Waals surface area (Å²) in [4.78, 5) is 17.0. The number of allylic oxidation sites excluding steroid dienone is 1. The zero-order valence-corrected chi connectivity index (χ0v) is 10.2. The van der Waals surface area contributed by atoms with E-state index in [2.05, 4.69) is 6.92 Å². The van der Waals surface area contributed by atoms with E-state index in [1.165, 1.54) is 5.57 Å². The molecule has 1 aliphatic heterocycles. The highest BCUT2D eigenvalue weighted by atomic mass is 16.1. The smallest absolute Gasteiger partial charge is 0.189 e. The molecule has 0 fully saturated rings. The summed E-state index contributed by atoms with van der Waals surface area (Å²) in [5, 5.41) is 0. The third kappa shape index (κ3) is 1.40. The van der Waals surface area contributed by atoms with Crippen LogP contribution in [0.3, 0.4) is 0 Å². The first-order valence-electron chi connectivity index (χ1n) is 6.14. The fourth-order valence-electron chi connectivity index (χ4n) is 2.66. The molecule has 0 saturated heterocycles. The van der Waals surface area contributed by atoms with Crippen molar-refractivity contribution in [3.8, 4) is 0 Å². The summed E-state index contributed by atoms with van der Waals surface area (Å²) in [5.74, 6) is 0.173. The summed E-state index contributed by atoms with van der Waals surface area (Å²) in [6.07, 6.45) is 1.97. The minimum atomic E-state index is 0.173. The third-order valence-corrected chi connectivity index (χ3v) is 3.73. The Bertz CT molecular complexity index is 566. The molecule has 17 heavy (non-hydrogen) atoms. The number of nitrogens with zero attached hydrogens (tertiary/aromatic N) is 1. The molecule has 0 saturated carbocycles. The number of fused-ring (bicyclic) bond motifs is 3. The van der Waals surface area contributed by atoms with E-state index in [1.807, 2.05) is 31.2 Å². The molecule has 86 valence electrons. The van der Waals surface area contributed by atoms with Crippen LogP contribution >= 0.6 is 0 Å². The van der Waals surface area contributed by atoms with Crippen molar-refractivity contribution in [1.82, 2.24) is 0 Å². The molecular formula is C15H15NO. The van der Waals surface area contributed by atoms with Gasteiger partial charge in [0.15, 0.2) is 5.78 Å². The molecule has 3 rings (SSSR count). The van der Waals surface area contributed by atoms with Crippen LogP contribution in [0, 0.1) is 0 Å². The zero-order chi connectivity index (χ0) is 12.0. The summed E-state index contributed by atoms with van der Waals surface area (Å²) < 4.78 is 0. The minimum Gasteiger partial charge on any atom is -0.289 e. The lowest BCUT2D eigenvalue weighted by Gasteiger charge is -2.18. The lowest BCUT2D eigenvalue weighted by Crippen LogP contribution is -2.19. The lowest BCUT2D eigenvalue weighted by atomic mass is 9.83. The van der Waals surface area contributed by atoms with E-state index in [-0.39, 0.29) is 5.78 Å². The van der Waals surface area contributed by atoms with Gasteiger partial charge in [0.05, 0.1) is 11.8 Å². The SMILES string of the molecule is CCC1CC2=C(C)C(=O)c3ccccc3C2=N1. The fourth-order valence-corrected chi connectivity index (χ4v) is 2.66. The van der Waals surface area contributed by atoms with Crippen LogP contribution in [-0.2, 0) is 0 Å². The summed E-state index contributed by atoms with van der Waals surface area (Å²) >= 11 is 0. The molecule has 1 aliphatic carbocycles. The maximum absolute atomic E-state index is 12.2. The average molecular weight is 225 g/mol. The van der Waals surface area contributed by atoms with E-state index < -0.39 is 0 Å². The van der Waals surface area contributed by atoms with Crippen molar-refractivity contribution in [3.63, 3.8) is 0 Å². The van der Waals surface area contributed by atoms with Crippen LogP contribution < -0.4 is 0 Å². The highest BCUT2D eigenvalue weighted by molar-refractivity contribution is 6.29. The van der Waals surface area contributed by atoms with E-state index in [0.29, 0.717) is 6.04 Å². The Labute approximate surface area is 101 Å². The van der Waals surface area contributed by atoms with E-state index in [9.17, 15) is 4.79 Å². The van der Waals surface area contributed by atoms with E-state index in [4.69, 9.17) is 4.99 Å². The van der Waals surface area contributed by atoms with Crippen LogP contribution in [0.4, 0.5) is 0 Å². The highest BCUT2D eigenvalue weighted by Gasteiger charge is 2.32. The Kier molecular flexibility index (Phi) is 2.25. The second-order valence-electron chi connectivity index (χ2n) is 4.72. The van der Waals surface area contributed by atoms with Crippen molar-refractivity contribution in [2.45, 2.75) is 32.7 Å². The average Bonchev–Trinajstić information content (AvgIpc) is 2.80. The molecule has 1 unspecified atom stereocenters. The van der Waals surface area contributed by atoms with Crippen molar-refractivity contribution in [2.75, 3.05) is 0 Å². The number of ketones is 1. The second-order valence-corrected chi connectivity index (χ2v) is 4.72. The van der Waals surface area contributed by atoms with Gasteiger partial charge in [0.2, 0.25) is 0 Å². The first-order chi connectivity index (χ1) is 8.22. The number of Topliss-reactive ketones (excluding diaryl/α,β-unsaturated/α-hetero) is 1. The molecular weight excluding hydrogens is 210 g/mol. The van der Waals surface area contributed by atoms with E-state index in [0.717, 1.165) is 35.3 Å². The molecule has 2 aliphatic rings. The molecule has 0 N–H and O–H groups in total. The first kappa shape index (κ1) is 10.5. The number of rotatable bonds is 1. The van der Waals surface area contributed by atoms with Gasteiger partial charge in [-0.1, -0.05) is 31.2 Å². The molecule has 2 nitrogen and oxygen atoms in total. The summed E-state index contributed by atoms with van der Waals surface area (Å²) in [5.41, 5.74) is 4.95. The van der Waals surface area contributed by atoms with Gasteiger partial charge in [-0.2, -0.15) is 0 Å². The molecule has 1 heterocycles. The van der Waals surface area contributed by atoms with Crippen molar-refractivity contribution in [3.05, 3.63) is 46.5 Å². The predicted octanol–water partition coefficient (Wildman–Crippen LogP) is 3.17. The number of hydrogen-bond donors (Lipinski definition) is 0. The molecule has 1 atom stereocenters. The van der Waals surface area contributed by atoms with Crippen LogP contribution in [0.2, 0.25) is 0 Å². The van der Waals surface area contributed by atoms with Gasteiger partial charge in [-0.15, -0.1) is 0 Å². The van der Waals surface area contributed by atoms with Gasteiger partial charge in [0.1, 0.15) is 0 Å². The van der Waals surface area contributed by atoms with Crippen LogP contribution in [0.25, 0.3) is 0 Å². The third-order valence-electron chi connectivity index (χ3n) is 3.73. The minimum absolute atomic E-state index is 0.173. The van der Waals surface area contributed by atoms with Crippen LogP contribution in [-0.4, -0.2) is 17.5 Å². The van der Waals surface area contributed by atoms with E-state index >= 15 is 0 Å². The molecule has 0 spiro atoms. The Morgan fingerprint density at radius 3 is 2.71 bits per heavy atom. The van der Waals surface area contributed by atoms with Gasteiger partial charge in [0, 0.05) is 16.7 Å². The summed E-state index contributed by atoms with van der Waals surface area (Å²) in [7, 11) is 0. The fraction of sp³-hybridized carbons (Fsp3) is 0.333. The zero-order valence-electron chi connectivity index (χ0n) is 10.2. The maximum Gasteiger partial charge on any atom is 0.189 e. The topological polar surface area (TPSA) is 29.4 Å². The normalized spacial score (nSPS) is 22.4. The van der Waals surface area contributed by atoms with Crippen molar-refractivity contribution < 1.29 is 4.79 Å². The Morgan fingerprint density at radius 2 is 2.00 bits per heavy atom. The van der Waals surface area contributed by atoms with Crippen LogP contribution in [0.15, 0.2) is 40.4 Å². The highest BCUT2D eigenvalue weighted by Crippen LogP contribution is 2.34. The maximum atomic E-state index is 12.2. The summed E-state index contributed by atoms with van der Waals surface area (Å²) in [6.45, 7) is 4.08. The van der Waals surface area contributed by atoms with Gasteiger partial charge in [-0.25, -0.2) is 0 Å². The number of carbonyl (C=O) groups is 1. The molecule has 0 amide bonds. The molecule has 0 bridgehead atoms. The lowest BCUT2D eigenvalue weighted by molar-refractivity contribution is 0.103. The van der Waals surface area contributed by atoms with Crippen molar-refractivity contribution in [1.29, 1.82) is 0 Å². The molecule has 2 heteroatoms. The molecule has 1 aromatic rings. The second kappa shape index (κ2) is 3.66. The van der Waals surface area contributed by atoms with Crippen LogP contribution in [0.1, 0.15) is 42.6 Å². The number of benzene rings is 1. The number of carbonyl (C=O) groups excluding carboxylic acids is 1. The van der Waals surface area contributed by atoms with Gasteiger partial charge in [-0.3, -0.25) is 9.79 Å². The number of hydrogen-bond acceptors (Lipinski definition) is 2. The van der Waals surface area contributed by atoms with Gasteiger partial charge >= 0.3 is 0 Å². The van der Waals surface area contributed by atoms with Crippen LogP contribution in [0.5, 0.6) is 0 Å². The monoisotopic (exact) mass is 225 g/mol. The molecule has 0 aromatic heterocycles. The Morgan fingerprint density at radius 1 is 1.29 bits per heavy atom. The van der Waals surface area contributed by atoms with Gasteiger partial charge < -0.3 is 0 Å². The Balaban J connectivity index is 2.24. The van der Waals surface area contributed by atoms with E-state index in [1.54, 1.807) is 0 Å². The van der Waals surface area contributed by atoms with Gasteiger partial charge in [-0.05, 0) is 25.3 Å². The quantitative estimate of drug-likeness (QED) is 0.721. The Hall–Kier alpha value is -1.70. The summed E-state index contributed by atoms with van der Waals surface area (Å²) in [6, 6.07) is 8.17. The molecule has 0 radical (unpaired) electrons. The standard InChI is InChI=1S/C15H15NO/c1-3-10-8-13-9(2)15(17)12-7-5-4-6-11(12)14(13)16-10/h4-7,10H,3,8H2,1-2H3. The predicted molar refractivity (Wildman–Crippen MR) is 68.7 cm³/mol. The number of aliphatic imine (C=N–C) groups is 1. The molecule has 1 aromatic carbocycles. The first-order valence-corrected chi connectivity index (χ1v) is 6.14. The van der Waals surface area contributed by atoms with Crippen molar-refractivity contribution >= 4 is 11.5 Å². The van der Waals surface area contributed by atoms with Crippen molar-refractivity contribution in [2.24, 2.45) is 4.99 Å².